The number of carbonyl (C=O) groups excluding carboxylic acids is 3. The number of carbonyl (C=O) groups is 3. The van der Waals surface area contributed by atoms with Crippen LogP contribution in [-0.2, 0) is 20.8 Å². The fourth-order valence-corrected chi connectivity index (χ4v) is 4.91. The predicted octanol–water partition coefficient (Wildman–Crippen LogP) is 3.14. The SMILES string of the molecule is CCOc1ccccc1N1CC(C(=O)N2CCCN(C(=O)CCc3ccc(OC)cc3)CC2)CC1=O. The summed E-state index contributed by atoms with van der Waals surface area (Å²) in [6.07, 6.45) is 2.04. The van der Waals surface area contributed by atoms with E-state index < -0.39 is 0 Å². The Kier molecular flexibility index (Phi) is 8.46. The number of nitrogens with zero attached hydrogens (tertiary/aromatic N) is 3. The van der Waals surface area contributed by atoms with Crippen LogP contribution in [0.25, 0.3) is 0 Å². The van der Waals surface area contributed by atoms with Crippen LogP contribution in [0.1, 0.15) is 31.7 Å². The molecule has 1 unspecified atom stereocenters. The van der Waals surface area contributed by atoms with E-state index in [1.807, 2.05) is 65.3 Å². The smallest absolute Gasteiger partial charge is 0.228 e. The highest BCUT2D eigenvalue weighted by Crippen LogP contribution is 2.33. The number of hydrogen-bond donors (Lipinski definition) is 0. The first-order valence-electron chi connectivity index (χ1n) is 12.7. The highest BCUT2D eigenvalue weighted by atomic mass is 16.5. The second-order valence-electron chi connectivity index (χ2n) is 9.21. The molecule has 3 amide bonds. The zero-order valence-electron chi connectivity index (χ0n) is 21.2. The third-order valence-corrected chi connectivity index (χ3v) is 6.88. The summed E-state index contributed by atoms with van der Waals surface area (Å²) in [6.45, 7) is 5.01. The summed E-state index contributed by atoms with van der Waals surface area (Å²) >= 11 is 0. The first-order valence-corrected chi connectivity index (χ1v) is 12.7. The normalized spacial score (nSPS) is 18.2. The van der Waals surface area contributed by atoms with Gasteiger partial charge in [0, 0.05) is 45.6 Å². The highest BCUT2D eigenvalue weighted by Gasteiger charge is 2.38. The zero-order chi connectivity index (χ0) is 25.5. The fraction of sp³-hybridized carbons (Fsp3) is 0.464. The number of hydrogen-bond acceptors (Lipinski definition) is 5. The van der Waals surface area contributed by atoms with E-state index in [-0.39, 0.29) is 30.1 Å². The van der Waals surface area contributed by atoms with Gasteiger partial charge in [0.2, 0.25) is 17.7 Å². The number of benzene rings is 2. The van der Waals surface area contributed by atoms with Crippen LogP contribution in [-0.4, -0.2) is 74.0 Å². The molecule has 36 heavy (non-hydrogen) atoms. The van der Waals surface area contributed by atoms with Gasteiger partial charge in [0.05, 0.1) is 25.3 Å². The lowest BCUT2D eigenvalue weighted by Gasteiger charge is -2.25. The third-order valence-electron chi connectivity index (χ3n) is 6.88. The van der Waals surface area contributed by atoms with Crippen LogP contribution in [0, 0.1) is 5.92 Å². The second-order valence-corrected chi connectivity index (χ2v) is 9.21. The number of methoxy groups -OCH3 is 1. The maximum atomic E-state index is 13.3. The van der Waals surface area contributed by atoms with Crippen LogP contribution in [0.15, 0.2) is 48.5 Å². The molecule has 2 saturated heterocycles. The molecule has 2 aromatic carbocycles. The van der Waals surface area contributed by atoms with Crippen molar-refractivity contribution in [1.82, 2.24) is 9.80 Å². The van der Waals surface area contributed by atoms with Gasteiger partial charge in [0.1, 0.15) is 11.5 Å². The maximum Gasteiger partial charge on any atom is 0.228 e. The van der Waals surface area contributed by atoms with Crippen molar-refractivity contribution in [1.29, 1.82) is 0 Å². The van der Waals surface area contributed by atoms with E-state index in [4.69, 9.17) is 9.47 Å². The van der Waals surface area contributed by atoms with Crippen molar-refractivity contribution in [2.45, 2.75) is 32.6 Å². The number of amides is 3. The van der Waals surface area contributed by atoms with E-state index in [9.17, 15) is 14.4 Å². The Morgan fingerprint density at radius 3 is 2.44 bits per heavy atom. The van der Waals surface area contributed by atoms with Gasteiger partial charge in [0.15, 0.2) is 0 Å². The molecule has 0 saturated carbocycles. The summed E-state index contributed by atoms with van der Waals surface area (Å²) in [4.78, 5) is 44.3. The lowest BCUT2D eigenvalue weighted by Crippen LogP contribution is -2.40. The first kappa shape index (κ1) is 25.5. The molecule has 0 N–H and O–H groups in total. The number of aryl methyl sites for hydroxylation is 1. The molecule has 2 aliphatic rings. The molecule has 8 nitrogen and oxygen atoms in total. The first-order chi connectivity index (χ1) is 17.5. The Balaban J connectivity index is 1.30. The molecular weight excluding hydrogens is 458 g/mol. The van der Waals surface area contributed by atoms with Gasteiger partial charge >= 0.3 is 0 Å². The lowest BCUT2D eigenvalue weighted by atomic mass is 10.1. The molecule has 0 aliphatic carbocycles. The van der Waals surface area contributed by atoms with Gasteiger partial charge in [0.25, 0.3) is 0 Å². The molecule has 0 bridgehead atoms. The molecule has 2 aromatic rings. The molecule has 1 atom stereocenters. The van der Waals surface area contributed by atoms with Crippen LogP contribution in [0.3, 0.4) is 0 Å². The molecule has 2 aliphatic heterocycles. The van der Waals surface area contributed by atoms with E-state index >= 15 is 0 Å². The Hall–Kier alpha value is -3.55. The lowest BCUT2D eigenvalue weighted by molar-refractivity contribution is -0.136. The number of rotatable bonds is 8. The maximum absolute atomic E-state index is 13.3. The van der Waals surface area contributed by atoms with E-state index in [0.29, 0.717) is 63.6 Å². The Bertz CT molecular complexity index is 1070. The molecule has 0 aromatic heterocycles. The predicted molar refractivity (Wildman–Crippen MR) is 137 cm³/mol. The molecule has 0 spiro atoms. The van der Waals surface area contributed by atoms with Gasteiger partial charge in [-0.3, -0.25) is 14.4 Å². The van der Waals surface area contributed by atoms with Crippen molar-refractivity contribution < 1.29 is 23.9 Å². The van der Waals surface area contributed by atoms with Crippen molar-refractivity contribution in [2.24, 2.45) is 5.92 Å². The highest BCUT2D eigenvalue weighted by molar-refractivity contribution is 6.01. The van der Waals surface area contributed by atoms with E-state index in [2.05, 4.69) is 0 Å². The Labute approximate surface area is 212 Å². The summed E-state index contributed by atoms with van der Waals surface area (Å²) in [7, 11) is 1.63. The molecule has 4 rings (SSSR count). The zero-order valence-corrected chi connectivity index (χ0v) is 21.2. The van der Waals surface area contributed by atoms with E-state index in [0.717, 1.165) is 17.7 Å². The number of para-hydroxylation sites is 2. The van der Waals surface area contributed by atoms with Crippen molar-refractivity contribution in [3.05, 3.63) is 54.1 Å². The minimum atomic E-state index is -0.385. The number of anilines is 1. The summed E-state index contributed by atoms with van der Waals surface area (Å²) in [5.74, 6) is 1.10. The van der Waals surface area contributed by atoms with Crippen LogP contribution < -0.4 is 14.4 Å². The standard InChI is InChI=1S/C28H35N3O5/c1-3-36-25-8-5-4-7-24(25)31-20-22(19-27(31)33)28(34)30-16-6-15-29(17-18-30)26(32)14-11-21-9-12-23(35-2)13-10-21/h4-5,7-10,12-13,22H,3,6,11,14-20H2,1-2H3. The second kappa shape index (κ2) is 11.9. The van der Waals surface area contributed by atoms with Gasteiger partial charge in [-0.1, -0.05) is 24.3 Å². The average Bonchev–Trinajstić information content (AvgIpc) is 3.12. The van der Waals surface area contributed by atoms with E-state index in [1.165, 1.54) is 0 Å². The topological polar surface area (TPSA) is 79.4 Å². The molecule has 8 heteroatoms. The van der Waals surface area contributed by atoms with Gasteiger partial charge in [-0.05, 0) is 49.6 Å². The Morgan fingerprint density at radius 1 is 0.972 bits per heavy atom. The third kappa shape index (κ3) is 5.98. The van der Waals surface area contributed by atoms with E-state index in [1.54, 1.807) is 12.0 Å². The van der Waals surface area contributed by atoms with Gasteiger partial charge in [-0.2, -0.15) is 0 Å². The van der Waals surface area contributed by atoms with Crippen molar-refractivity contribution in [2.75, 3.05) is 51.3 Å². The number of ether oxygens (including phenoxy) is 2. The molecule has 0 radical (unpaired) electrons. The largest absolute Gasteiger partial charge is 0.497 e. The molecule has 2 heterocycles. The van der Waals surface area contributed by atoms with Crippen LogP contribution in [0.4, 0.5) is 5.69 Å². The van der Waals surface area contributed by atoms with Crippen molar-refractivity contribution in [3.8, 4) is 11.5 Å². The molecule has 2 fully saturated rings. The van der Waals surface area contributed by atoms with Crippen LogP contribution >= 0.6 is 0 Å². The molecule has 192 valence electrons. The van der Waals surface area contributed by atoms with Gasteiger partial charge in [-0.25, -0.2) is 0 Å². The van der Waals surface area contributed by atoms with Gasteiger partial charge in [-0.15, -0.1) is 0 Å². The summed E-state index contributed by atoms with van der Waals surface area (Å²) in [5, 5.41) is 0. The van der Waals surface area contributed by atoms with Crippen LogP contribution in [0.5, 0.6) is 11.5 Å². The monoisotopic (exact) mass is 493 g/mol. The Morgan fingerprint density at radius 2 is 1.69 bits per heavy atom. The minimum absolute atomic E-state index is 0.00715. The average molecular weight is 494 g/mol. The van der Waals surface area contributed by atoms with Crippen LogP contribution in [0.2, 0.25) is 0 Å². The summed E-state index contributed by atoms with van der Waals surface area (Å²) < 4.78 is 10.9. The minimum Gasteiger partial charge on any atom is -0.497 e. The van der Waals surface area contributed by atoms with Crippen molar-refractivity contribution >= 4 is 23.4 Å². The van der Waals surface area contributed by atoms with Gasteiger partial charge < -0.3 is 24.2 Å². The summed E-state index contributed by atoms with van der Waals surface area (Å²) in [6, 6.07) is 15.2. The molecular formula is C28H35N3O5. The fourth-order valence-electron chi connectivity index (χ4n) is 4.91. The van der Waals surface area contributed by atoms with Crippen molar-refractivity contribution in [3.63, 3.8) is 0 Å². The summed E-state index contributed by atoms with van der Waals surface area (Å²) in [5.41, 5.74) is 1.81. The quantitative estimate of drug-likeness (QED) is 0.565.